The number of hydrogen-bond donors (Lipinski definition) is 2. The van der Waals surface area contributed by atoms with Gasteiger partial charge in [0, 0.05) is 18.7 Å². The lowest BCUT2D eigenvalue weighted by Gasteiger charge is -2.13. The Morgan fingerprint density at radius 1 is 1.04 bits per heavy atom. The molecule has 0 spiro atoms. The van der Waals surface area contributed by atoms with Crippen molar-refractivity contribution in [2.24, 2.45) is 0 Å². The molecule has 0 heterocycles. The lowest BCUT2D eigenvalue weighted by Crippen LogP contribution is -2.37. The highest BCUT2D eigenvalue weighted by Gasteiger charge is 2.14. The van der Waals surface area contributed by atoms with Crippen LogP contribution in [0.25, 0.3) is 6.08 Å². The van der Waals surface area contributed by atoms with E-state index in [1.54, 1.807) is 24.3 Å². The van der Waals surface area contributed by atoms with Crippen LogP contribution in [0, 0.1) is 12.7 Å². The minimum atomic E-state index is -0.401. The number of rotatable bonds is 7. The molecular formula is C21H24FN3O2. The van der Waals surface area contributed by atoms with Gasteiger partial charge in [-0.2, -0.15) is 0 Å². The third-order valence-electron chi connectivity index (χ3n) is 3.83. The Morgan fingerprint density at radius 3 is 2.26 bits per heavy atom. The van der Waals surface area contributed by atoms with Crippen LogP contribution in [0.3, 0.4) is 0 Å². The molecule has 0 radical (unpaired) electrons. The third-order valence-corrected chi connectivity index (χ3v) is 3.83. The largest absolute Gasteiger partial charge is 0.349 e. The lowest BCUT2D eigenvalue weighted by atomic mass is 10.1. The molecule has 0 aliphatic heterocycles. The fourth-order valence-electron chi connectivity index (χ4n) is 2.27. The van der Waals surface area contributed by atoms with Crippen molar-refractivity contribution in [1.82, 2.24) is 15.5 Å². The molecule has 142 valence electrons. The predicted octanol–water partition coefficient (Wildman–Crippen LogP) is 2.58. The minimum Gasteiger partial charge on any atom is -0.349 e. The Morgan fingerprint density at radius 2 is 1.67 bits per heavy atom. The van der Waals surface area contributed by atoms with E-state index in [1.165, 1.54) is 18.2 Å². The average Bonchev–Trinajstić information content (AvgIpc) is 2.63. The molecule has 0 bridgehead atoms. The zero-order chi connectivity index (χ0) is 19.8. The number of aryl methyl sites for hydroxylation is 1. The molecule has 2 N–H and O–H groups in total. The maximum Gasteiger partial charge on any atom is 0.267 e. The van der Waals surface area contributed by atoms with E-state index in [0.717, 1.165) is 5.56 Å². The van der Waals surface area contributed by atoms with Crippen LogP contribution < -0.4 is 10.6 Å². The van der Waals surface area contributed by atoms with E-state index in [0.29, 0.717) is 24.2 Å². The van der Waals surface area contributed by atoms with Crippen molar-refractivity contribution in [2.45, 2.75) is 6.92 Å². The van der Waals surface area contributed by atoms with Crippen molar-refractivity contribution in [2.75, 3.05) is 27.2 Å². The molecule has 0 unspecified atom stereocenters. The highest BCUT2D eigenvalue weighted by molar-refractivity contribution is 6.05. The monoisotopic (exact) mass is 369 g/mol. The second-order valence-corrected chi connectivity index (χ2v) is 6.49. The summed E-state index contributed by atoms with van der Waals surface area (Å²) < 4.78 is 13.1. The van der Waals surface area contributed by atoms with E-state index in [1.807, 2.05) is 38.1 Å². The molecule has 2 rings (SSSR count). The summed E-state index contributed by atoms with van der Waals surface area (Å²) in [7, 11) is 3.81. The summed E-state index contributed by atoms with van der Waals surface area (Å²) in [5, 5.41) is 5.43. The first-order valence-electron chi connectivity index (χ1n) is 8.63. The molecule has 0 aromatic heterocycles. The van der Waals surface area contributed by atoms with Crippen LogP contribution in [-0.4, -0.2) is 43.9 Å². The van der Waals surface area contributed by atoms with Gasteiger partial charge in [0.05, 0.1) is 0 Å². The molecule has 0 saturated carbocycles. The zero-order valence-corrected chi connectivity index (χ0v) is 15.8. The molecule has 27 heavy (non-hydrogen) atoms. The molecule has 0 atom stereocenters. The number of carbonyl (C=O) groups excluding carboxylic acids is 2. The average molecular weight is 369 g/mol. The van der Waals surface area contributed by atoms with Gasteiger partial charge in [-0.3, -0.25) is 9.59 Å². The molecule has 2 aromatic carbocycles. The molecule has 0 aliphatic carbocycles. The predicted molar refractivity (Wildman–Crippen MR) is 105 cm³/mol. The normalized spacial score (nSPS) is 11.4. The third kappa shape index (κ3) is 6.67. The highest BCUT2D eigenvalue weighted by Crippen LogP contribution is 2.09. The van der Waals surface area contributed by atoms with Gasteiger partial charge in [0.1, 0.15) is 11.5 Å². The van der Waals surface area contributed by atoms with E-state index < -0.39 is 5.91 Å². The second kappa shape index (κ2) is 9.64. The fourth-order valence-corrected chi connectivity index (χ4v) is 2.27. The summed E-state index contributed by atoms with van der Waals surface area (Å²) in [6, 6.07) is 12.7. The number of carbonyl (C=O) groups is 2. The summed E-state index contributed by atoms with van der Waals surface area (Å²) in [5.41, 5.74) is 2.20. The molecule has 0 aliphatic rings. The van der Waals surface area contributed by atoms with E-state index in [2.05, 4.69) is 10.6 Å². The summed E-state index contributed by atoms with van der Waals surface area (Å²) in [4.78, 5) is 27.0. The maximum atomic E-state index is 13.1. The zero-order valence-electron chi connectivity index (χ0n) is 15.8. The molecule has 0 saturated heterocycles. The lowest BCUT2D eigenvalue weighted by molar-refractivity contribution is -0.117. The van der Waals surface area contributed by atoms with Crippen LogP contribution in [0.2, 0.25) is 0 Å². The first-order chi connectivity index (χ1) is 12.8. The van der Waals surface area contributed by atoms with Crippen molar-refractivity contribution in [3.8, 4) is 0 Å². The van der Waals surface area contributed by atoms with Crippen LogP contribution in [0.5, 0.6) is 0 Å². The summed E-state index contributed by atoms with van der Waals surface area (Å²) in [6.45, 7) is 3.04. The van der Waals surface area contributed by atoms with Gasteiger partial charge < -0.3 is 15.5 Å². The van der Waals surface area contributed by atoms with Crippen molar-refractivity contribution < 1.29 is 14.0 Å². The number of nitrogens with one attached hydrogen (secondary N) is 2. The van der Waals surface area contributed by atoms with Gasteiger partial charge in [0.2, 0.25) is 0 Å². The Kier molecular flexibility index (Phi) is 7.25. The summed E-state index contributed by atoms with van der Waals surface area (Å²) in [5.74, 6) is -1.15. The van der Waals surface area contributed by atoms with Gasteiger partial charge in [-0.15, -0.1) is 0 Å². The van der Waals surface area contributed by atoms with Gasteiger partial charge in [0.15, 0.2) is 0 Å². The van der Waals surface area contributed by atoms with Crippen LogP contribution in [0.15, 0.2) is 54.2 Å². The molecule has 5 nitrogen and oxygen atoms in total. The Hall–Kier alpha value is -2.99. The van der Waals surface area contributed by atoms with E-state index >= 15 is 0 Å². The van der Waals surface area contributed by atoms with Crippen LogP contribution in [0.1, 0.15) is 21.5 Å². The molecule has 2 amide bonds. The van der Waals surface area contributed by atoms with E-state index in [-0.39, 0.29) is 17.4 Å². The number of likely N-dealkylation sites (N-methyl/N-ethyl adjacent to an activating group) is 1. The molecule has 0 fully saturated rings. The van der Waals surface area contributed by atoms with Crippen molar-refractivity contribution in [3.63, 3.8) is 0 Å². The van der Waals surface area contributed by atoms with Gasteiger partial charge >= 0.3 is 0 Å². The van der Waals surface area contributed by atoms with Crippen molar-refractivity contribution in [3.05, 3.63) is 76.7 Å². The summed E-state index contributed by atoms with van der Waals surface area (Å²) >= 11 is 0. The molecule has 2 aromatic rings. The maximum absolute atomic E-state index is 13.1. The SMILES string of the molecule is Cc1ccc(C(=O)N/C(=C\c2ccc(F)cc2)C(=O)NCCN(C)C)cc1. The van der Waals surface area contributed by atoms with Crippen molar-refractivity contribution in [1.29, 1.82) is 0 Å². The van der Waals surface area contributed by atoms with E-state index in [9.17, 15) is 14.0 Å². The first-order valence-corrected chi connectivity index (χ1v) is 8.63. The van der Waals surface area contributed by atoms with Crippen LogP contribution in [0.4, 0.5) is 4.39 Å². The topological polar surface area (TPSA) is 61.4 Å². The van der Waals surface area contributed by atoms with E-state index in [4.69, 9.17) is 0 Å². The quantitative estimate of drug-likeness (QED) is 0.738. The Bertz CT molecular complexity index is 812. The smallest absolute Gasteiger partial charge is 0.267 e. The Labute approximate surface area is 158 Å². The van der Waals surface area contributed by atoms with Crippen LogP contribution >= 0.6 is 0 Å². The molecule has 6 heteroatoms. The minimum absolute atomic E-state index is 0.103. The Balaban J connectivity index is 2.20. The second-order valence-electron chi connectivity index (χ2n) is 6.49. The number of benzene rings is 2. The number of amides is 2. The van der Waals surface area contributed by atoms with Gasteiger partial charge in [-0.25, -0.2) is 4.39 Å². The van der Waals surface area contributed by atoms with Gasteiger partial charge in [-0.1, -0.05) is 29.8 Å². The number of halogens is 1. The number of nitrogens with zero attached hydrogens (tertiary/aromatic N) is 1. The fraction of sp³-hybridized carbons (Fsp3) is 0.238. The number of hydrogen-bond acceptors (Lipinski definition) is 3. The van der Waals surface area contributed by atoms with Gasteiger partial charge in [-0.05, 0) is 56.9 Å². The van der Waals surface area contributed by atoms with Crippen molar-refractivity contribution >= 4 is 17.9 Å². The first kappa shape index (κ1) is 20.3. The van der Waals surface area contributed by atoms with Gasteiger partial charge in [0.25, 0.3) is 11.8 Å². The standard InChI is InChI=1S/C21H24FN3O2/c1-15-4-8-17(9-5-15)20(26)24-19(21(27)23-12-13-25(2)3)14-16-6-10-18(22)11-7-16/h4-11,14H,12-13H2,1-3H3,(H,23,27)(H,24,26)/b19-14-. The molecular weight excluding hydrogens is 345 g/mol. The van der Waals surface area contributed by atoms with Crippen LogP contribution in [-0.2, 0) is 4.79 Å². The summed E-state index contributed by atoms with van der Waals surface area (Å²) in [6.07, 6.45) is 1.52. The highest BCUT2D eigenvalue weighted by atomic mass is 19.1.